The van der Waals surface area contributed by atoms with Crippen LogP contribution in [0.4, 0.5) is 10.1 Å². The molecule has 0 aliphatic carbocycles. The third-order valence-corrected chi connectivity index (χ3v) is 3.12. The van der Waals surface area contributed by atoms with Crippen molar-refractivity contribution in [2.24, 2.45) is 0 Å². The topological polar surface area (TPSA) is 30.9 Å². The average molecular weight is 261 g/mol. The minimum atomic E-state index is -0.354. The van der Waals surface area contributed by atoms with Gasteiger partial charge in [-0.15, -0.1) is 0 Å². The van der Waals surface area contributed by atoms with Crippen molar-refractivity contribution in [3.8, 4) is 5.69 Å². The van der Waals surface area contributed by atoms with Crippen LogP contribution in [-0.2, 0) is 0 Å². The molecule has 18 heavy (non-hydrogen) atoms. The van der Waals surface area contributed by atoms with Crippen molar-refractivity contribution in [2.75, 3.05) is 5.73 Å². The zero-order chi connectivity index (χ0) is 12.7. The molecule has 2 nitrogen and oxygen atoms in total. The van der Waals surface area contributed by atoms with Gasteiger partial charge in [0.1, 0.15) is 5.82 Å². The number of rotatable bonds is 1. The first-order chi connectivity index (χ1) is 8.65. The van der Waals surface area contributed by atoms with E-state index in [1.807, 2.05) is 30.5 Å². The van der Waals surface area contributed by atoms with E-state index < -0.39 is 0 Å². The van der Waals surface area contributed by atoms with Crippen molar-refractivity contribution in [2.45, 2.75) is 0 Å². The minimum absolute atomic E-state index is 0.354. The Bertz CT molecular complexity index is 734. The van der Waals surface area contributed by atoms with E-state index in [0.717, 1.165) is 10.9 Å². The lowest BCUT2D eigenvalue weighted by Crippen LogP contribution is -1.97. The summed E-state index contributed by atoms with van der Waals surface area (Å²) in [5, 5.41) is 1.63. The molecule has 0 atom stereocenters. The fourth-order valence-electron chi connectivity index (χ4n) is 2.03. The van der Waals surface area contributed by atoms with Crippen LogP contribution in [0, 0.1) is 5.82 Å². The van der Waals surface area contributed by atoms with Gasteiger partial charge in [0.05, 0.1) is 11.2 Å². The maximum Gasteiger partial charge on any atom is 0.149 e. The van der Waals surface area contributed by atoms with Crippen molar-refractivity contribution >= 4 is 28.2 Å². The fourth-order valence-corrected chi connectivity index (χ4v) is 2.20. The number of hydrogen-bond donors (Lipinski definition) is 1. The predicted octanol–water partition coefficient (Wildman–Crippen LogP) is 4.01. The van der Waals surface area contributed by atoms with Crippen LogP contribution in [0.15, 0.2) is 48.7 Å². The van der Waals surface area contributed by atoms with Gasteiger partial charge in [0.25, 0.3) is 0 Å². The quantitative estimate of drug-likeness (QED) is 0.659. The van der Waals surface area contributed by atoms with Gasteiger partial charge >= 0.3 is 0 Å². The number of benzene rings is 2. The van der Waals surface area contributed by atoms with Crippen LogP contribution in [0.1, 0.15) is 0 Å². The highest BCUT2D eigenvalue weighted by atomic mass is 35.5. The summed E-state index contributed by atoms with van der Waals surface area (Å²) in [7, 11) is 0. The zero-order valence-corrected chi connectivity index (χ0v) is 10.2. The Morgan fingerprint density at radius 2 is 1.89 bits per heavy atom. The molecule has 3 rings (SSSR count). The Morgan fingerprint density at radius 1 is 1.06 bits per heavy atom. The number of nitrogens with two attached hydrogens (primary N) is 1. The summed E-state index contributed by atoms with van der Waals surface area (Å²) >= 11 is 5.97. The number of nitrogen functional groups attached to an aromatic ring is 1. The van der Waals surface area contributed by atoms with Crippen molar-refractivity contribution < 1.29 is 4.39 Å². The highest BCUT2D eigenvalue weighted by Crippen LogP contribution is 2.25. The van der Waals surface area contributed by atoms with Crippen LogP contribution < -0.4 is 5.73 Å². The molecule has 3 aromatic rings. The van der Waals surface area contributed by atoms with Gasteiger partial charge < -0.3 is 10.3 Å². The molecule has 90 valence electrons. The van der Waals surface area contributed by atoms with E-state index in [1.165, 1.54) is 6.07 Å². The molecule has 0 unspecified atom stereocenters. The largest absolute Gasteiger partial charge is 0.399 e. The van der Waals surface area contributed by atoms with Crippen LogP contribution in [0.5, 0.6) is 0 Å². The average Bonchev–Trinajstić information content (AvgIpc) is 2.72. The summed E-state index contributed by atoms with van der Waals surface area (Å²) in [5.74, 6) is -0.354. The number of halogens is 2. The normalized spacial score (nSPS) is 11.0. The summed E-state index contributed by atoms with van der Waals surface area (Å²) < 4.78 is 15.7. The molecule has 0 fully saturated rings. The van der Waals surface area contributed by atoms with E-state index >= 15 is 0 Å². The van der Waals surface area contributed by atoms with E-state index in [9.17, 15) is 4.39 Å². The molecular formula is C14H10ClFN2. The molecule has 0 saturated heterocycles. The third kappa shape index (κ3) is 1.73. The van der Waals surface area contributed by atoms with Crippen molar-refractivity contribution in [3.05, 3.63) is 59.5 Å². The number of nitrogens with zero attached hydrogens (tertiary/aromatic N) is 1. The van der Waals surface area contributed by atoms with E-state index in [1.54, 1.807) is 16.7 Å². The van der Waals surface area contributed by atoms with Crippen LogP contribution in [0.3, 0.4) is 0 Å². The first kappa shape index (κ1) is 11.1. The molecule has 0 aliphatic rings. The van der Waals surface area contributed by atoms with E-state index in [-0.39, 0.29) is 5.82 Å². The Kier molecular flexibility index (Phi) is 2.49. The standard InChI is InChI=1S/C14H10ClFN2/c15-10-2-1-9-5-6-18(14(9)7-10)13-4-3-11(17)8-12(13)16/h1-8H,17H2. The van der Waals surface area contributed by atoms with Crippen molar-refractivity contribution in [1.82, 2.24) is 4.57 Å². The Balaban J connectivity index is 2.28. The molecule has 0 aliphatic heterocycles. The van der Waals surface area contributed by atoms with Gasteiger partial charge in [-0.1, -0.05) is 17.7 Å². The van der Waals surface area contributed by atoms with Gasteiger partial charge in [-0.2, -0.15) is 0 Å². The van der Waals surface area contributed by atoms with Crippen molar-refractivity contribution in [3.63, 3.8) is 0 Å². The zero-order valence-electron chi connectivity index (χ0n) is 9.40. The van der Waals surface area contributed by atoms with Crippen molar-refractivity contribution in [1.29, 1.82) is 0 Å². The Morgan fingerprint density at radius 3 is 2.67 bits per heavy atom. The molecule has 0 amide bonds. The van der Waals surface area contributed by atoms with E-state index in [4.69, 9.17) is 17.3 Å². The summed E-state index contributed by atoms with van der Waals surface area (Å²) in [4.78, 5) is 0. The number of anilines is 1. The predicted molar refractivity (Wildman–Crippen MR) is 72.7 cm³/mol. The van der Waals surface area contributed by atoms with Gasteiger partial charge in [-0.05, 0) is 36.4 Å². The second kappa shape index (κ2) is 4.03. The van der Waals surface area contributed by atoms with Gasteiger partial charge in [0.15, 0.2) is 0 Å². The molecule has 4 heteroatoms. The summed E-state index contributed by atoms with van der Waals surface area (Å²) in [6.07, 6.45) is 1.82. The van der Waals surface area contributed by atoms with Gasteiger partial charge in [0.2, 0.25) is 0 Å². The molecule has 1 aromatic heterocycles. The first-order valence-electron chi connectivity index (χ1n) is 5.47. The number of fused-ring (bicyclic) bond motifs is 1. The van der Waals surface area contributed by atoms with Gasteiger partial charge in [0, 0.05) is 22.3 Å². The first-order valence-corrected chi connectivity index (χ1v) is 5.85. The van der Waals surface area contributed by atoms with Gasteiger partial charge in [-0.3, -0.25) is 0 Å². The molecule has 0 spiro atoms. The number of hydrogen-bond acceptors (Lipinski definition) is 1. The highest BCUT2D eigenvalue weighted by Gasteiger charge is 2.08. The van der Waals surface area contributed by atoms with Gasteiger partial charge in [-0.25, -0.2) is 4.39 Å². The molecule has 0 bridgehead atoms. The smallest absolute Gasteiger partial charge is 0.149 e. The second-order valence-electron chi connectivity index (χ2n) is 4.10. The lowest BCUT2D eigenvalue weighted by atomic mass is 10.2. The van der Waals surface area contributed by atoms with E-state index in [2.05, 4.69) is 0 Å². The Hall–Kier alpha value is -2.00. The number of aromatic nitrogens is 1. The van der Waals surface area contributed by atoms with E-state index in [0.29, 0.717) is 16.4 Å². The summed E-state index contributed by atoms with van der Waals surface area (Å²) in [6, 6.07) is 12.1. The monoisotopic (exact) mass is 260 g/mol. The molecule has 2 aromatic carbocycles. The fraction of sp³-hybridized carbons (Fsp3) is 0. The van der Waals surface area contributed by atoms with Crippen LogP contribution in [-0.4, -0.2) is 4.57 Å². The maximum atomic E-state index is 13.9. The lowest BCUT2D eigenvalue weighted by Gasteiger charge is -2.07. The molecule has 0 saturated carbocycles. The summed E-state index contributed by atoms with van der Waals surface area (Å²) in [6.45, 7) is 0. The molecular weight excluding hydrogens is 251 g/mol. The minimum Gasteiger partial charge on any atom is -0.399 e. The maximum absolute atomic E-state index is 13.9. The van der Waals surface area contributed by atoms with Crippen LogP contribution in [0.2, 0.25) is 5.02 Å². The third-order valence-electron chi connectivity index (χ3n) is 2.89. The SMILES string of the molecule is Nc1ccc(-n2ccc3ccc(Cl)cc32)c(F)c1. The second-order valence-corrected chi connectivity index (χ2v) is 4.54. The highest BCUT2D eigenvalue weighted by molar-refractivity contribution is 6.31. The van der Waals surface area contributed by atoms with Crippen LogP contribution >= 0.6 is 11.6 Å². The molecule has 2 N–H and O–H groups in total. The molecule has 1 heterocycles. The Labute approximate surface area is 108 Å². The molecule has 0 radical (unpaired) electrons. The lowest BCUT2D eigenvalue weighted by molar-refractivity contribution is 0.620. The summed E-state index contributed by atoms with van der Waals surface area (Å²) in [5.41, 5.74) is 7.28. The van der Waals surface area contributed by atoms with Crippen LogP contribution in [0.25, 0.3) is 16.6 Å².